The Morgan fingerprint density at radius 3 is 1.93 bits per heavy atom. The minimum atomic E-state index is -0.0793. The maximum absolute atomic E-state index is 11.7. The monoisotopic (exact) mass is 198 g/mol. The third kappa shape index (κ3) is 2.20. The van der Waals surface area contributed by atoms with Crippen molar-refractivity contribution in [3.63, 3.8) is 0 Å². The largest absolute Gasteiger partial charge is 0.333 e. The van der Waals surface area contributed by atoms with Crippen LogP contribution >= 0.6 is 0 Å². The van der Waals surface area contributed by atoms with Gasteiger partial charge in [0.1, 0.15) is 0 Å². The Labute approximate surface area is 86.9 Å². The first-order chi connectivity index (χ1) is 6.12. The molecule has 1 heterocycles. The molecule has 0 saturated carbocycles. The molecule has 82 valence electrons. The predicted octanol–water partition coefficient (Wildman–Crippen LogP) is 2.22. The van der Waals surface area contributed by atoms with Crippen LogP contribution in [-0.2, 0) is 0 Å². The lowest BCUT2D eigenvalue weighted by molar-refractivity contribution is 0.165. The van der Waals surface area contributed by atoms with E-state index in [1.807, 2.05) is 4.90 Å². The zero-order chi connectivity index (χ0) is 11.1. The summed E-state index contributed by atoms with van der Waals surface area (Å²) < 4.78 is 0. The Balaban J connectivity index is 2.75. The molecule has 3 nitrogen and oxygen atoms in total. The number of rotatable bonds is 0. The van der Waals surface area contributed by atoms with Crippen molar-refractivity contribution in [2.24, 2.45) is 5.41 Å². The second kappa shape index (κ2) is 3.14. The van der Waals surface area contributed by atoms with E-state index in [1.165, 1.54) is 0 Å². The van der Waals surface area contributed by atoms with Gasteiger partial charge in [-0.3, -0.25) is 0 Å². The van der Waals surface area contributed by atoms with Gasteiger partial charge in [-0.25, -0.2) is 4.79 Å². The molecule has 0 radical (unpaired) electrons. The number of amides is 2. The van der Waals surface area contributed by atoms with E-state index in [2.05, 4.69) is 46.9 Å². The predicted molar refractivity (Wildman–Crippen MR) is 58.2 cm³/mol. The molecule has 0 bridgehead atoms. The molecule has 2 amide bonds. The lowest BCUT2D eigenvalue weighted by Gasteiger charge is -2.32. The highest BCUT2D eigenvalue weighted by Gasteiger charge is 2.40. The van der Waals surface area contributed by atoms with E-state index in [0.29, 0.717) is 0 Å². The van der Waals surface area contributed by atoms with Crippen molar-refractivity contribution in [2.45, 2.75) is 53.1 Å². The summed E-state index contributed by atoms with van der Waals surface area (Å²) in [6.07, 6.45) is 0. The van der Waals surface area contributed by atoms with E-state index >= 15 is 0 Å². The van der Waals surface area contributed by atoms with Crippen LogP contribution in [-0.4, -0.2) is 29.1 Å². The van der Waals surface area contributed by atoms with Gasteiger partial charge in [-0.2, -0.15) is 0 Å². The van der Waals surface area contributed by atoms with E-state index in [0.717, 1.165) is 6.54 Å². The molecule has 0 aromatic carbocycles. The maximum atomic E-state index is 11.7. The summed E-state index contributed by atoms with van der Waals surface area (Å²) in [5, 5.41) is 3.04. The van der Waals surface area contributed by atoms with Crippen LogP contribution in [0.3, 0.4) is 0 Å². The van der Waals surface area contributed by atoms with Crippen LogP contribution in [0.15, 0.2) is 0 Å². The first-order valence-corrected chi connectivity index (χ1v) is 5.20. The highest BCUT2D eigenvalue weighted by Crippen LogP contribution is 2.27. The molecule has 0 aliphatic carbocycles. The Morgan fingerprint density at radius 2 is 1.71 bits per heavy atom. The fraction of sp³-hybridized carbons (Fsp3) is 0.909. The molecule has 1 saturated heterocycles. The van der Waals surface area contributed by atoms with Gasteiger partial charge >= 0.3 is 6.03 Å². The maximum Gasteiger partial charge on any atom is 0.318 e. The summed E-state index contributed by atoms with van der Waals surface area (Å²) in [6.45, 7) is 13.5. The van der Waals surface area contributed by atoms with Gasteiger partial charge in [-0.15, -0.1) is 0 Å². The molecule has 14 heavy (non-hydrogen) atoms. The third-order valence-corrected chi connectivity index (χ3v) is 2.76. The summed E-state index contributed by atoms with van der Waals surface area (Å²) >= 11 is 0. The molecule has 1 rings (SSSR count). The van der Waals surface area contributed by atoms with Gasteiger partial charge in [0.05, 0.1) is 6.04 Å². The molecule has 0 aromatic heterocycles. The number of nitrogens with zero attached hydrogens (tertiary/aromatic N) is 1. The standard InChI is InChI=1S/C11H22N2O/c1-10(2,3)8-7-13(9(14)12-8)11(4,5)6/h8H,7H2,1-6H3,(H,12,14)/t8-/m1/s1. The highest BCUT2D eigenvalue weighted by atomic mass is 16.2. The fourth-order valence-corrected chi connectivity index (χ4v) is 1.61. The number of nitrogens with one attached hydrogen (secondary N) is 1. The molecule has 3 heteroatoms. The average Bonchev–Trinajstić information content (AvgIpc) is 2.27. The third-order valence-electron chi connectivity index (χ3n) is 2.76. The van der Waals surface area contributed by atoms with Gasteiger partial charge in [0.25, 0.3) is 0 Å². The van der Waals surface area contributed by atoms with E-state index in [-0.39, 0.29) is 23.0 Å². The first-order valence-electron chi connectivity index (χ1n) is 5.20. The molecule has 0 spiro atoms. The Bertz CT molecular complexity index is 235. The number of carbonyl (C=O) groups is 1. The first kappa shape index (κ1) is 11.3. The van der Waals surface area contributed by atoms with Crippen molar-refractivity contribution >= 4 is 6.03 Å². The van der Waals surface area contributed by atoms with Gasteiger partial charge in [-0.1, -0.05) is 20.8 Å². The molecular weight excluding hydrogens is 176 g/mol. The Kier molecular flexibility index (Phi) is 2.55. The molecule has 1 aliphatic heterocycles. The summed E-state index contributed by atoms with van der Waals surface area (Å²) in [7, 11) is 0. The van der Waals surface area contributed by atoms with Crippen molar-refractivity contribution in [1.82, 2.24) is 10.2 Å². The summed E-state index contributed by atoms with van der Waals surface area (Å²) in [5.41, 5.74) is 0.0553. The summed E-state index contributed by atoms with van der Waals surface area (Å²) in [5.74, 6) is 0. The number of carbonyl (C=O) groups excluding carboxylic acids is 1. The zero-order valence-electron chi connectivity index (χ0n) is 10.1. The van der Waals surface area contributed by atoms with E-state index < -0.39 is 0 Å². The van der Waals surface area contributed by atoms with Crippen molar-refractivity contribution in [3.05, 3.63) is 0 Å². The fourth-order valence-electron chi connectivity index (χ4n) is 1.61. The summed E-state index contributed by atoms with van der Waals surface area (Å²) in [6, 6.07) is 0.326. The van der Waals surface area contributed by atoms with Crippen LogP contribution < -0.4 is 5.32 Å². The molecule has 1 atom stereocenters. The second-order valence-corrected chi connectivity index (χ2v) is 6.15. The van der Waals surface area contributed by atoms with Crippen molar-refractivity contribution < 1.29 is 4.79 Å². The molecule has 0 unspecified atom stereocenters. The topological polar surface area (TPSA) is 32.3 Å². The summed E-state index contributed by atoms with van der Waals surface area (Å²) in [4.78, 5) is 13.6. The van der Waals surface area contributed by atoms with Crippen LogP contribution in [0.25, 0.3) is 0 Å². The van der Waals surface area contributed by atoms with Crippen LogP contribution in [0, 0.1) is 5.41 Å². The molecular formula is C11H22N2O. The highest BCUT2D eigenvalue weighted by molar-refractivity contribution is 5.77. The van der Waals surface area contributed by atoms with Gasteiger partial charge in [0.2, 0.25) is 0 Å². The number of hydrogen-bond acceptors (Lipinski definition) is 1. The SMILES string of the molecule is CC(C)(C)[C@H]1CN(C(C)(C)C)C(=O)N1. The molecule has 0 aromatic rings. The Hall–Kier alpha value is -0.730. The van der Waals surface area contributed by atoms with E-state index in [9.17, 15) is 4.79 Å². The second-order valence-electron chi connectivity index (χ2n) is 6.15. The van der Waals surface area contributed by atoms with Crippen molar-refractivity contribution in [1.29, 1.82) is 0 Å². The lowest BCUT2D eigenvalue weighted by atomic mass is 9.87. The minimum Gasteiger partial charge on any atom is -0.333 e. The van der Waals surface area contributed by atoms with Crippen LogP contribution in [0.4, 0.5) is 4.79 Å². The van der Waals surface area contributed by atoms with Crippen molar-refractivity contribution in [2.75, 3.05) is 6.54 Å². The lowest BCUT2D eigenvalue weighted by Crippen LogP contribution is -2.43. The molecule has 1 fully saturated rings. The van der Waals surface area contributed by atoms with Crippen LogP contribution in [0.2, 0.25) is 0 Å². The van der Waals surface area contributed by atoms with Crippen LogP contribution in [0.5, 0.6) is 0 Å². The van der Waals surface area contributed by atoms with Crippen LogP contribution in [0.1, 0.15) is 41.5 Å². The van der Waals surface area contributed by atoms with Gasteiger partial charge < -0.3 is 10.2 Å². The zero-order valence-corrected chi connectivity index (χ0v) is 10.1. The smallest absolute Gasteiger partial charge is 0.318 e. The number of urea groups is 1. The normalized spacial score (nSPS) is 24.0. The van der Waals surface area contributed by atoms with E-state index in [4.69, 9.17) is 0 Å². The molecule has 1 aliphatic rings. The van der Waals surface area contributed by atoms with Gasteiger partial charge in [0, 0.05) is 12.1 Å². The molecule has 1 N–H and O–H groups in total. The van der Waals surface area contributed by atoms with Gasteiger partial charge in [0.15, 0.2) is 0 Å². The quantitative estimate of drug-likeness (QED) is 0.636. The van der Waals surface area contributed by atoms with Gasteiger partial charge in [-0.05, 0) is 26.2 Å². The average molecular weight is 198 g/mol. The van der Waals surface area contributed by atoms with E-state index in [1.54, 1.807) is 0 Å². The number of hydrogen-bond donors (Lipinski definition) is 1. The minimum absolute atomic E-state index is 0.0671. The Morgan fingerprint density at radius 1 is 1.21 bits per heavy atom. The van der Waals surface area contributed by atoms with Crippen molar-refractivity contribution in [3.8, 4) is 0 Å².